The molecule has 3 N–H and O–H groups in total. The van der Waals surface area contributed by atoms with Crippen molar-refractivity contribution in [3.05, 3.63) is 48.3 Å². The van der Waals surface area contributed by atoms with E-state index >= 15 is 0 Å². The first-order chi connectivity index (χ1) is 9.08. The molecule has 0 fully saturated rings. The zero-order valence-electron chi connectivity index (χ0n) is 10.9. The van der Waals surface area contributed by atoms with Gasteiger partial charge in [-0.1, -0.05) is 6.07 Å². The number of benzene rings is 1. The van der Waals surface area contributed by atoms with Gasteiger partial charge in [0.2, 0.25) is 0 Å². The Morgan fingerprint density at radius 3 is 2.79 bits per heavy atom. The maximum Gasteiger partial charge on any atom is 0.255 e. The van der Waals surface area contributed by atoms with E-state index in [0.29, 0.717) is 16.9 Å². The van der Waals surface area contributed by atoms with Gasteiger partial charge in [0.25, 0.3) is 5.91 Å². The van der Waals surface area contributed by atoms with Gasteiger partial charge in [-0.05, 0) is 24.3 Å². The van der Waals surface area contributed by atoms with Crippen molar-refractivity contribution in [2.45, 2.75) is 0 Å². The van der Waals surface area contributed by atoms with Crippen molar-refractivity contribution in [2.75, 3.05) is 30.0 Å². The first-order valence-electron chi connectivity index (χ1n) is 5.86. The lowest BCUT2D eigenvalue weighted by atomic mass is 10.2. The van der Waals surface area contributed by atoms with Crippen LogP contribution in [-0.2, 0) is 0 Å². The molecule has 0 spiro atoms. The van der Waals surface area contributed by atoms with Crippen LogP contribution in [0.25, 0.3) is 0 Å². The van der Waals surface area contributed by atoms with Gasteiger partial charge in [0.05, 0.1) is 17.6 Å². The fraction of sp³-hybridized carbons (Fsp3) is 0.143. The van der Waals surface area contributed by atoms with E-state index in [1.807, 2.05) is 25.1 Å². The van der Waals surface area contributed by atoms with E-state index in [9.17, 15) is 4.79 Å². The summed E-state index contributed by atoms with van der Waals surface area (Å²) >= 11 is 0. The lowest BCUT2D eigenvalue weighted by Crippen LogP contribution is -2.17. The van der Waals surface area contributed by atoms with E-state index in [0.717, 1.165) is 5.69 Å². The highest BCUT2D eigenvalue weighted by Crippen LogP contribution is 2.23. The molecule has 0 aliphatic rings. The van der Waals surface area contributed by atoms with Gasteiger partial charge in [0.1, 0.15) is 0 Å². The predicted molar refractivity (Wildman–Crippen MR) is 77.4 cm³/mol. The SMILES string of the molecule is CN(C)c1ccncc1NC(=O)c1cccc(N)c1. The summed E-state index contributed by atoms with van der Waals surface area (Å²) in [6.07, 6.45) is 3.31. The van der Waals surface area contributed by atoms with Crippen LogP contribution in [0.1, 0.15) is 10.4 Å². The molecule has 5 nitrogen and oxygen atoms in total. The largest absolute Gasteiger partial charge is 0.399 e. The zero-order chi connectivity index (χ0) is 13.8. The lowest BCUT2D eigenvalue weighted by molar-refractivity contribution is 0.102. The number of nitrogens with two attached hydrogens (primary N) is 1. The third-order valence-corrected chi connectivity index (χ3v) is 2.68. The van der Waals surface area contributed by atoms with Crippen molar-refractivity contribution < 1.29 is 4.79 Å². The molecular formula is C14H16N4O. The van der Waals surface area contributed by atoms with Crippen LogP contribution < -0.4 is 16.0 Å². The first-order valence-corrected chi connectivity index (χ1v) is 5.86. The molecule has 98 valence electrons. The fourth-order valence-corrected chi connectivity index (χ4v) is 1.75. The van der Waals surface area contributed by atoms with Crippen molar-refractivity contribution in [1.82, 2.24) is 4.98 Å². The van der Waals surface area contributed by atoms with Gasteiger partial charge in [-0.3, -0.25) is 9.78 Å². The highest BCUT2D eigenvalue weighted by Gasteiger charge is 2.10. The molecule has 0 aliphatic carbocycles. The number of aromatic nitrogens is 1. The Morgan fingerprint density at radius 2 is 2.11 bits per heavy atom. The van der Waals surface area contributed by atoms with Crippen LogP contribution >= 0.6 is 0 Å². The first kappa shape index (κ1) is 12.9. The molecule has 0 radical (unpaired) electrons. The zero-order valence-corrected chi connectivity index (χ0v) is 10.9. The number of hydrogen-bond acceptors (Lipinski definition) is 4. The predicted octanol–water partition coefficient (Wildman–Crippen LogP) is 1.98. The second-order valence-electron chi connectivity index (χ2n) is 4.37. The van der Waals surface area contributed by atoms with Crippen molar-refractivity contribution >= 4 is 23.0 Å². The number of nitrogen functional groups attached to an aromatic ring is 1. The number of pyridine rings is 1. The van der Waals surface area contributed by atoms with Crippen LogP contribution in [0.15, 0.2) is 42.7 Å². The summed E-state index contributed by atoms with van der Waals surface area (Å²) < 4.78 is 0. The molecule has 2 aromatic rings. The fourth-order valence-electron chi connectivity index (χ4n) is 1.75. The number of nitrogens with one attached hydrogen (secondary N) is 1. The Hall–Kier alpha value is -2.56. The number of amides is 1. The summed E-state index contributed by atoms with van der Waals surface area (Å²) in [5, 5.41) is 2.84. The highest BCUT2D eigenvalue weighted by molar-refractivity contribution is 6.06. The molecule has 2 rings (SSSR count). The van der Waals surface area contributed by atoms with Gasteiger partial charge in [0.15, 0.2) is 0 Å². The molecular weight excluding hydrogens is 240 g/mol. The van der Waals surface area contributed by atoms with Crippen molar-refractivity contribution in [3.8, 4) is 0 Å². The summed E-state index contributed by atoms with van der Waals surface area (Å²) in [5.41, 5.74) is 8.31. The van der Waals surface area contributed by atoms with Crippen LogP contribution in [0.2, 0.25) is 0 Å². The van der Waals surface area contributed by atoms with E-state index in [-0.39, 0.29) is 5.91 Å². The molecule has 0 aliphatic heterocycles. The van der Waals surface area contributed by atoms with Crippen LogP contribution in [0, 0.1) is 0 Å². The number of carbonyl (C=O) groups is 1. The monoisotopic (exact) mass is 256 g/mol. The molecule has 0 saturated carbocycles. The average molecular weight is 256 g/mol. The Labute approximate surface area is 112 Å². The number of anilines is 3. The molecule has 1 amide bonds. The van der Waals surface area contributed by atoms with Gasteiger partial charge in [-0.2, -0.15) is 0 Å². The highest BCUT2D eigenvalue weighted by atomic mass is 16.1. The average Bonchev–Trinajstić information content (AvgIpc) is 2.39. The smallest absolute Gasteiger partial charge is 0.255 e. The topological polar surface area (TPSA) is 71.2 Å². The summed E-state index contributed by atoms with van der Waals surface area (Å²) in [6.45, 7) is 0. The minimum Gasteiger partial charge on any atom is -0.399 e. The normalized spacial score (nSPS) is 10.0. The lowest BCUT2D eigenvalue weighted by Gasteiger charge is -2.17. The quantitative estimate of drug-likeness (QED) is 0.824. The summed E-state index contributed by atoms with van der Waals surface area (Å²) in [6, 6.07) is 8.69. The van der Waals surface area contributed by atoms with Crippen molar-refractivity contribution in [3.63, 3.8) is 0 Å². The van der Waals surface area contributed by atoms with Crippen LogP contribution in [-0.4, -0.2) is 25.0 Å². The molecule has 5 heteroatoms. The Morgan fingerprint density at radius 1 is 1.32 bits per heavy atom. The van der Waals surface area contributed by atoms with Gasteiger partial charge >= 0.3 is 0 Å². The Balaban J connectivity index is 2.24. The number of nitrogens with zero attached hydrogens (tertiary/aromatic N) is 2. The van der Waals surface area contributed by atoms with Crippen molar-refractivity contribution in [2.24, 2.45) is 0 Å². The maximum absolute atomic E-state index is 12.1. The minimum atomic E-state index is -0.205. The number of rotatable bonds is 3. The summed E-state index contributed by atoms with van der Waals surface area (Å²) in [5.74, 6) is -0.205. The number of hydrogen-bond donors (Lipinski definition) is 2. The van der Waals surface area contributed by atoms with E-state index in [1.165, 1.54) is 0 Å². The van der Waals surface area contributed by atoms with Crippen molar-refractivity contribution in [1.29, 1.82) is 0 Å². The maximum atomic E-state index is 12.1. The van der Waals surface area contributed by atoms with Gasteiger partial charge in [-0.15, -0.1) is 0 Å². The second kappa shape index (κ2) is 5.39. The standard InChI is InChI=1S/C14H16N4O/c1-18(2)13-6-7-16-9-12(13)17-14(19)10-4-3-5-11(15)8-10/h3-9H,15H2,1-2H3,(H,17,19). The molecule has 0 bridgehead atoms. The second-order valence-corrected chi connectivity index (χ2v) is 4.37. The van der Waals surface area contributed by atoms with Gasteiger partial charge in [-0.25, -0.2) is 0 Å². The molecule has 0 saturated heterocycles. The van der Waals surface area contributed by atoms with Crippen LogP contribution in [0.3, 0.4) is 0 Å². The Kier molecular flexibility index (Phi) is 3.66. The Bertz CT molecular complexity index is 596. The third kappa shape index (κ3) is 3.01. The molecule has 19 heavy (non-hydrogen) atoms. The summed E-state index contributed by atoms with van der Waals surface area (Å²) in [7, 11) is 3.82. The molecule has 0 unspecified atom stereocenters. The summed E-state index contributed by atoms with van der Waals surface area (Å²) in [4.78, 5) is 18.1. The number of carbonyl (C=O) groups excluding carboxylic acids is 1. The molecule has 0 atom stereocenters. The third-order valence-electron chi connectivity index (χ3n) is 2.68. The molecule has 1 aromatic carbocycles. The minimum absolute atomic E-state index is 0.205. The van der Waals surface area contributed by atoms with Crippen LogP contribution in [0.4, 0.5) is 17.1 Å². The van der Waals surface area contributed by atoms with E-state index < -0.39 is 0 Å². The molecule has 1 aromatic heterocycles. The van der Waals surface area contributed by atoms with E-state index in [4.69, 9.17) is 5.73 Å². The van der Waals surface area contributed by atoms with Gasteiger partial charge < -0.3 is 16.0 Å². The van der Waals surface area contributed by atoms with Crippen LogP contribution in [0.5, 0.6) is 0 Å². The molecule has 1 heterocycles. The van der Waals surface area contributed by atoms with Gasteiger partial charge in [0, 0.05) is 31.5 Å². The van der Waals surface area contributed by atoms with E-state index in [2.05, 4.69) is 10.3 Å². The van der Waals surface area contributed by atoms with E-state index in [1.54, 1.807) is 36.7 Å².